The molecule has 0 aromatic heterocycles. The second kappa shape index (κ2) is 9.68. The summed E-state index contributed by atoms with van der Waals surface area (Å²) in [5, 5.41) is 0. The molecular weight excluding hydrogens is 212 g/mol. The fraction of sp³-hybridized carbons (Fsp3) is 0.500. The molecule has 3 nitrogen and oxygen atoms in total. The van der Waals surface area contributed by atoms with Crippen LogP contribution in [-0.4, -0.2) is 18.9 Å². The molecule has 0 saturated heterocycles. The molecule has 0 spiro atoms. The van der Waals surface area contributed by atoms with Crippen molar-refractivity contribution in [2.75, 3.05) is 13.2 Å². The van der Waals surface area contributed by atoms with Crippen molar-refractivity contribution in [3.8, 4) is 11.8 Å². The van der Waals surface area contributed by atoms with E-state index in [9.17, 15) is 0 Å². The van der Waals surface area contributed by atoms with Crippen molar-refractivity contribution in [2.24, 2.45) is 16.6 Å². The van der Waals surface area contributed by atoms with E-state index in [4.69, 9.17) is 10.5 Å². The Morgan fingerprint density at radius 1 is 1.59 bits per heavy atom. The van der Waals surface area contributed by atoms with Crippen LogP contribution in [0.15, 0.2) is 29.6 Å². The van der Waals surface area contributed by atoms with Gasteiger partial charge < -0.3 is 10.5 Å². The Kier molecular flexibility index (Phi) is 8.81. The van der Waals surface area contributed by atoms with Crippen molar-refractivity contribution in [1.82, 2.24) is 0 Å². The highest BCUT2D eigenvalue weighted by Crippen LogP contribution is 2.07. The highest BCUT2D eigenvalue weighted by Gasteiger charge is 2.01. The van der Waals surface area contributed by atoms with E-state index in [1.807, 2.05) is 13.0 Å². The maximum Gasteiger partial charge on any atom is 0.209 e. The topological polar surface area (TPSA) is 47.6 Å². The molecule has 0 bridgehead atoms. The van der Waals surface area contributed by atoms with Crippen LogP contribution in [0.5, 0.6) is 0 Å². The van der Waals surface area contributed by atoms with Gasteiger partial charge in [0.1, 0.15) is 5.71 Å². The first-order chi connectivity index (χ1) is 8.17. The molecule has 2 N–H and O–H groups in total. The number of hydrogen-bond donors (Lipinski definition) is 1. The highest BCUT2D eigenvalue weighted by molar-refractivity contribution is 6.08. The second-order valence-electron chi connectivity index (χ2n) is 3.66. The van der Waals surface area contributed by atoms with Crippen LogP contribution in [0, 0.1) is 17.8 Å². The van der Waals surface area contributed by atoms with Gasteiger partial charge in [-0.05, 0) is 30.9 Å². The predicted molar refractivity (Wildman–Crippen MR) is 73.6 cm³/mol. The molecule has 0 radical (unpaired) electrons. The average molecular weight is 234 g/mol. The van der Waals surface area contributed by atoms with Crippen molar-refractivity contribution in [1.29, 1.82) is 0 Å². The second-order valence-corrected chi connectivity index (χ2v) is 3.66. The van der Waals surface area contributed by atoms with Gasteiger partial charge in [-0.3, -0.25) is 0 Å². The molecular formula is C14H22N2O. The van der Waals surface area contributed by atoms with Crippen molar-refractivity contribution in [3.63, 3.8) is 0 Å². The standard InChI is InChI=1S/C14H22N2O/c1-5-12(4)11-17-14(7-3)16-13(6-2)9-8-10-15/h6-7,12H,2,5,10-11,15H2,1,3-4H3/b14-7+,16-13+. The lowest BCUT2D eigenvalue weighted by atomic mass is 10.1. The van der Waals surface area contributed by atoms with Gasteiger partial charge in [0.05, 0.1) is 13.2 Å². The van der Waals surface area contributed by atoms with Gasteiger partial charge in [0.2, 0.25) is 5.88 Å². The van der Waals surface area contributed by atoms with E-state index in [-0.39, 0.29) is 0 Å². The fourth-order valence-corrected chi connectivity index (χ4v) is 0.911. The molecule has 0 aromatic rings. The van der Waals surface area contributed by atoms with E-state index in [2.05, 4.69) is 37.3 Å². The monoisotopic (exact) mass is 234 g/mol. The van der Waals surface area contributed by atoms with Crippen LogP contribution in [0.3, 0.4) is 0 Å². The molecule has 0 rings (SSSR count). The molecule has 0 amide bonds. The van der Waals surface area contributed by atoms with E-state index in [0.29, 0.717) is 30.7 Å². The minimum atomic E-state index is 0.311. The summed E-state index contributed by atoms with van der Waals surface area (Å²) in [5.74, 6) is 6.66. The number of hydrogen-bond acceptors (Lipinski definition) is 3. The van der Waals surface area contributed by atoms with Crippen LogP contribution in [0.2, 0.25) is 0 Å². The van der Waals surface area contributed by atoms with E-state index in [1.54, 1.807) is 6.08 Å². The van der Waals surface area contributed by atoms with Crippen molar-refractivity contribution < 1.29 is 4.74 Å². The Bertz CT molecular complexity index is 345. The van der Waals surface area contributed by atoms with Crippen LogP contribution < -0.4 is 5.73 Å². The molecule has 1 atom stereocenters. The third kappa shape index (κ3) is 7.37. The predicted octanol–water partition coefficient (Wildman–Crippen LogP) is 2.50. The third-order valence-electron chi connectivity index (χ3n) is 2.20. The fourth-order valence-electron chi connectivity index (χ4n) is 0.911. The lowest BCUT2D eigenvalue weighted by Gasteiger charge is -2.10. The Labute approximate surface area is 104 Å². The summed E-state index contributed by atoms with van der Waals surface area (Å²) >= 11 is 0. The SMILES string of the molecule is C=C/C(C#CCN)=N\C(=C/C)OCC(C)CC. The van der Waals surface area contributed by atoms with Gasteiger partial charge in [0, 0.05) is 0 Å². The largest absolute Gasteiger partial charge is 0.478 e. The number of aliphatic imine (C=N–C) groups is 1. The van der Waals surface area contributed by atoms with E-state index in [0.717, 1.165) is 6.42 Å². The van der Waals surface area contributed by atoms with Crippen LogP contribution in [-0.2, 0) is 4.74 Å². The average Bonchev–Trinajstić information content (AvgIpc) is 2.37. The Balaban J connectivity index is 4.56. The van der Waals surface area contributed by atoms with Crippen molar-refractivity contribution >= 4 is 5.71 Å². The maximum atomic E-state index is 5.58. The minimum Gasteiger partial charge on any atom is -0.478 e. The minimum absolute atomic E-state index is 0.311. The van der Waals surface area contributed by atoms with E-state index < -0.39 is 0 Å². The summed E-state index contributed by atoms with van der Waals surface area (Å²) in [5.41, 5.74) is 5.88. The quantitative estimate of drug-likeness (QED) is 0.436. The summed E-state index contributed by atoms with van der Waals surface area (Å²) < 4.78 is 5.58. The molecule has 0 heterocycles. The highest BCUT2D eigenvalue weighted by atomic mass is 16.5. The Hall–Kier alpha value is -1.53. The summed E-state index contributed by atoms with van der Waals surface area (Å²) in [6, 6.07) is 0. The molecule has 0 fully saturated rings. The van der Waals surface area contributed by atoms with E-state index >= 15 is 0 Å². The van der Waals surface area contributed by atoms with Gasteiger partial charge in [0.25, 0.3) is 0 Å². The van der Waals surface area contributed by atoms with Gasteiger partial charge in [-0.1, -0.05) is 32.8 Å². The van der Waals surface area contributed by atoms with Gasteiger partial charge in [-0.2, -0.15) is 0 Å². The maximum absolute atomic E-state index is 5.58. The molecule has 3 heteroatoms. The van der Waals surface area contributed by atoms with Crippen LogP contribution in [0.25, 0.3) is 0 Å². The summed E-state index contributed by atoms with van der Waals surface area (Å²) in [6.45, 7) is 10.8. The Morgan fingerprint density at radius 2 is 2.29 bits per heavy atom. The summed E-state index contributed by atoms with van der Waals surface area (Å²) in [6.07, 6.45) is 4.50. The molecule has 0 aliphatic carbocycles. The number of nitrogens with zero attached hydrogens (tertiary/aromatic N) is 1. The first-order valence-corrected chi connectivity index (χ1v) is 5.87. The molecule has 0 saturated carbocycles. The smallest absolute Gasteiger partial charge is 0.209 e. The molecule has 1 unspecified atom stereocenters. The molecule has 0 aromatic carbocycles. The van der Waals surface area contributed by atoms with Crippen LogP contribution in [0.1, 0.15) is 27.2 Å². The number of allylic oxidation sites excluding steroid dienone is 2. The lowest BCUT2D eigenvalue weighted by molar-refractivity contribution is 0.168. The van der Waals surface area contributed by atoms with Crippen molar-refractivity contribution in [3.05, 3.63) is 24.6 Å². The first-order valence-electron chi connectivity index (χ1n) is 5.87. The van der Waals surface area contributed by atoms with Crippen LogP contribution >= 0.6 is 0 Å². The first kappa shape index (κ1) is 15.5. The van der Waals surface area contributed by atoms with Crippen LogP contribution in [0.4, 0.5) is 0 Å². The zero-order valence-electron chi connectivity index (χ0n) is 11.0. The zero-order chi connectivity index (χ0) is 13.1. The normalized spacial score (nSPS) is 13.6. The van der Waals surface area contributed by atoms with Gasteiger partial charge >= 0.3 is 0 Å². The zero-order valence-corrected chi connectivity index (χ0v) is 11.0. The molecule has 94 valence electrons. The summed E-state index contributed by atoms with van der Waals surface area (Å²) in [4.78, 5) is 4.27. The molecule has 17 heavy (non-hydrogen) atoms. The molecule has 0 aliphatic rings. The van der Waals surface area contributed by atoms with Gasteiger partial charge in [-0.25, -0.2) is 4.99 Å². The van der Waals surface area contributed by atoms with Gasteiger partial charge in [0.15, 0.2) is 0 Å². The van der Waals surface area contributed by atoms with Crippen molar-refractivity contribution in [2.45, 2.75) is 27.2 Å². The number of nitrogens with two attached hydrogens (primary N) is 1. The third-order valence-corrected chi connectivity index (χ3v) is 2.20. The van der Waals surface area contributed by atoms with Gasteiger partial charge in [-0.15, -0.1) is 0 Å². The lowest BCUT2D eigenvalue weighted by Crippen LogP contribution is -2.04. The van der Waals surface area contributed by atoms with E-state index in [1.165, 1.54) is 0 Å². The molecule has 0 aliphatic heterocycles. The number of ether oxygens (including phenoxy) is 1. The Morgan fingerprint density at radius 3 is 2.76 bits per heavy atom. The number of rotatable bonds is 6. The summed E-state index contributed by atoms with van der Waals surface area (Å²) in [7, 11) is 0.